The third-order valence-corrected chi connectivity index (χ3v) is 4.75. The molecular weight excluding hydrogens is 299 g/mol. The molecule has 0 spiro atoms. The molecule has 1 aliphatic carbocycles. The average Bonchev–Trinajstić information content (AvgIpc) is 2.94. The van der Waals surface area contributed by atoms with Crippen LogP contribution in [0.15, 0.2) is 24.3 Å². The summed E-state index contributed by atoms with van der Waals surface area (Å²) in [7, 11) is 0. The van der Waals surface area contributed by atoms with Gasteiger partial charge in [0.25, 0.3) is 0 Å². The van der Waals surface area contributed by atoms with Gasteiger partial charge in [0.05, 0.1) is 12.0 Å². The molecule has 1 aromatic rings. The first-order chi connectivity index (χ1) is 11.0. The first-order valence-electron chi connectivity index (χ1n) is 8.04. The Bertz CT molecular complexity index is 614. The maximum atomic E-state index is 14.1. The molecule has 2 fully saturated rings. The van der Waals surface area contributed by atoms with Crippen LogP contribution < -0.4 is 5.32 Å². The van der Waals surface area contributed by atoms with Gasteiger partial charge in [0.1, 0.15) is 11.9 Å². The highest BCUT2D eigenvalue weighted by Crippen LogP contribution is 2.34. The fourth-order valence-corrected chi connectivity index (χ4v) is 3.53. The van der Waals surface area contributed by atoms with Crippen LogP contribution in [-0.4, -0.2) is 40.5 Å². The molecule has 2 amide bonds. The number of piperazine rings is 1. The average molecular weight is 320 g/mol. The molecule has 1 aliphatic heterocycles. The van der Waals surface area contributed by atoms with E-state index in [1.165, 1.54) is 17.0 Å². The van der Waals surface area contributed by atoms with Crippen molar-refractivity contribution in [3.05, 3.63) is 35.6 Å². The molecule has 0 aromatic heterocycles. The van der Waals surface area contributed by atoms with Crippen LogP contribution in [0.5, 0.6) is 0 Å². The molecule has 1 atom stereocenters. The van der Waals surface area contributed by atoms with Gasteiger partial charge >= 0.3 is 0 Å². The van der Waals surface area contributed by atoms with E-state index in [1.807, 2.05) is 0 Å². The summed E-state index contributed by atoms with van der Waals surface area (Å²) >= 11 is 0. The fraction of sp³-hybridized carbons (Fsp3) is 0.529. The summed E-state index contributed by atoms with van der Waals surface area (Å²) in [5, 5.41) is 13.1. The highest BCUT2D eigenvalue weighted by Gasteiger charge is 2.40. The van der Waals surface area contributed by atoms with Crippen molar-refractivity contribution >= 4 is 11.8 Å². The van der Waals surface area contributed by atoms with Gasteiger partial charge in [-0.1, -0.05) is 31.0 Å². The Balaban J connectivity index is 1.84. The SMILES string of the molecule is O=C1NCCN(C(=O)CC2(O)CCCC2)C1c1ccccc1F. The van der Waals surface area contributed by atoms with Crippen LogP contribution >= 0.6 is 0 Å². The number of hydrogen-bond acceptors (Lipinski definition) is 3. The molecule has 23 heavy (non-hydrogen) atoms. The van der Waals surface area contributed by atoms with E-state index in [0.717, 1.165) is 12.8 Å². The third-order valence-electron chi connectivity index (χ3n) is 4.75. The Hall–Kier alpha value is -1.95. The Labute approximate surface area is 134 Å². The fourth-order valence-electron chi connectivity index (χ4n) is 3.53. The first kappa shape index (κ1) is 15.9. The Morgan fingerprint density at radius 2 is 2.04 bits per heavy atom. The largest absolute Gasteiger partial charge is 0.389 e. The van der Waals surface area contributed by atoms with Gasteiger partial charge in [-0.2, -0.15) is 0 Å². The molecular formula is C17H21FN2O3. The van der Waals surface area contributed by atoms with Crippen molar-refractivity contribution in [1.82, 2.24) is 10.2 Å². The minimum absolute atomic E-state index is 0.00870. The van der Waals surface area contributed by atoms with Crippen LogP contribution in [0, 0.1) is 5.82 Å². The van der Waals surface area contributed by atoms with Crippen LogP contribution in [0.1, 0.15) is 43.7 Å². The van der Waals surface area contributed by atoms with Crippen molar-refractivity contribution in [2.24, 2.45) is 0 Å². The Morgan fingerprint density at radius 1 is 1.35 bits per heavy atom. The van der Waals surface area contributed by atoms with Crippen molar-refractivity contribution in [2.45, 2.75) is 43.7 Å². The van der Waals surface area contributed by atoms with E-state index in [-0.39, 0.29) is 23.8 Å². The first-order valence-corrected chi connectivity index (χ1v) is 8.04. The number of amides is 2. The summed E-state index contributed by atoms with van der Waals surface area (Å²) in [6.07, 6.45) is 3.00. The molecule has 1 unspecified atom stereocenters. The molecule has 5 nitrogen and oxygen atoms in total. The standard InChI is InChI=1S/C17H21FN2O3/c18-13-6-2-1-5-12(13)15-16(22)19-9-10-20(15)14(21)11-17(23)7-3-4-8-17/h1-2,5-6,15,23H,3-4,7-11H2,(H,19,22). The minimum atomic E-state index is -0.981. The van der Waals surface area contributed by atoms with Gasteiger partial charge in [-0.25, -0.2) is 4.39 Å². The molecule has 0 bridgehead atoms. The Kier molecular flexibility index (Phi) is 4.35. The lowest BCUT2D eigenvalue weighted by Crippen LogP contribution is -2.53. The van der Waals surface area contributed by atoms with E-state index in [4.69, 9.17) is 0 Å². The molecule has 2 aliphatic rings. The lowest BCUT2D eigenvalue weighted by molar-refractivity contribution is -0.147. The monoisotopic (exact) mass is 320 g/mol. The zero-order valence-corrected chi connectivity index (χ0v) is 12.9. The van der Waals surface area contributed by atoms with Crippen LogP contribution in [0.4, 0.5) is 4.39 Å². The van der Waals surface area contributed by atoms with Crippen LogP contribution in [0.2, 0.25) is 0 Å². The van der Waals surface area contributed by atoms with Gasteiger partial charge in [-0.05, 0) is 18.9 Å². The zero-order chi connectivity index (χ0) is 16.4. The highest BCUT2D eigenvalue weighted by molar-refractivity contribution is 5.90. The number of nitrogens with zero attached hydrogens (tertiary/aromatic N) is 1. The number of rotatable bonds is 3. The van der Waals surface area contributed by atoms with E-state index < -0.39 is 17.5 Å². The third kappa shape index (κ3) is 3.22. The number of carbonyl (C=O) groups is 2. The summed E-state index contributed by atoms with van der Waals surface area (Å²) in [4.78, 5) is 26.3. The van der Waals surface area contributed by atoms with Crippen LogP contribution in [0.25, 0.3) is 0 Å². The number of halogens is 1. The van der Waals surface area contributed by atoms with Crippen molar-refractivity contribution in [2.75, 3.05) is 13.1 Å². The van der Waals surface area contributed by atoms with E-state index in [2.05, 4.69) is 5.32 Å². The number of benzene rings is 1. The second-order valence-corrected chi connectivity index (χ2v) is 6.41. The van der Waals surface area contributed by atoms with Crippen molar-refractivity contribution in [3.8, 4) is 0 Å². The summed E-state index contributed by atoms with van der Waals surface area (Å²) in [6, 6.07) is 5.03. The van der Waals surface area contributed by atoms with Gasteiger partial charge in [0, 0.05) is 18.7 Å². The summed E-state index contributed by atoms with van der Waals surface area (Å²) in [5.74, 6) is -1.18. The number of nitrogens with one attached hydrogen (secondary N) is 1. The van der Waals surface area contributed by atoms with E-state index >= 15 is 0 Å². The van der Waals surface area contributed by atoms with Gasteiger partial charge in [-0.15, -0.1) is 0 Å². The summed E-state index contributed by atoms with van der Waals surface area (Å²) < 4.78 is 14.1. The van der Waals surface area contributed by atoms with E-state index in [0.29, 0.717) is 25.9 Å². The molecule has 1 saturated heterocycles. The van der Waals surface area contributed by atoms with Gasteiger partial charge in [0.15, 0.2) is 0 Å². The summed E-state index contributed by atoms with van der Waals surface area (Å²) in [6.45, 7) is 0.660. The van der Waals surface area contributed by atoms with E-state index in [1.54, 1.807) is 12.1 Å². The number of aliphatic hydroxyl groups is 1. The van der Waals surface area contributed by atoms with Gasteiger partial charge in [0.2, 0.25) is 11.8 Å². The maximum absolute atomic E-state index is 14.1. The van der Waals surface area contributed by atoms with Crippen molar-refractivity contribution < 1.29 is 19.1 Å². The molecule has 1 saturated carbocycles. The van der Waals surface area contributed by atoms with Crippen LogP contribution in [0.3, 0.4) is 0 Å². The lowest BCUT2D eigenvalue weighted by Gasteiger charge is -2.37. The van der Waals surface area contributed by atoms with Crippen LogP contribution in [-0.2, 0) is 9.59 Å². The smallest absolute Gasteiger partial charge is 0.247 e. The quantitative estimate of drug-likeness (QED) is 0.887. The minimum Gasteiger partial charge on any atom is -0.389 e. The predicted octanol–water partition coefficient (Wildman–Crippen LogP) is 1.52. The molecule has 1 aromatic carbocycles. The second kappa shape index (κ2) is 6.28. The molecule has 3 rings (SSSR count). The molecule has 2 N–H and O–H groups in total. The summed E-state index contributed by atoms with van der Waals surface area (Å²) in [5.41, 5.74) is -0.790. The normalized spacial score (nSPS) is 23.7. The van der Waals surface area contributed by atoms with Crippen molar-refractivity contribution in [1.29, 1.82) is 0 Å². The molecule has 6 heteroatoms. The zero-order valence-electron chi connectivity index (χ0n) is 12.9. The van der Waals surface area contributed by atoms with E-state index in [9.17, 15) is 19.1 Å². The molecule has 124 valence electrons. The topological polar surface area (TPSA) is 69.6 Å². The number of hydrogen-bond donors (Lipinski definition) is 2. The van der Waals surface area contributed by atoms with Gasteiger partial charge < -0.3 is 15.3 Å². The molecule has 1 heterocycles. The number of carbonyl (C=O) groups excluding carboxylic acids is 2. The lowest BCUT2D eigenvalue weighted by atomic mass is 9.95. The van der Waals surface area contributed by atoms with Crippen molar-refractivity contribution in [3.63, 3.8) is 0 Å². The second-order valence-electron chi connectivity index (χ2n) is 6.41. The maximum Gasteiger partial charge on any atom is 0.247 e. The highest BCUT2D eigenvalue weighted by atomic mass is 19.1. The predicted molar refractivity (Wildman–Crippen MR) is 81.9 cm³/mol. The Morgan fingerprint density at radius 3 is 2.74 bits per heavy atom. The molecule has 0 radical (unpaired) electrons. The van der Waals surface area contributed by atoms with Gasteiger partial charge in [-0.3, -0.25) is 9.59 Å².